The minimum absolute atomic E-state index is 0.492. The summed E-state index contributed by atoms with van der Waals surface area (Å²) in [5.74, 6) is 1.66. The molecule has 0 aliphatic rings. The molecule has 1 aromatic heterocycles. The fourth-order valence-corrected chi connectivity index (χ4v) is 1.74. The molecule has 0 atom stereocenters. The molecule has 0 bridgehead atoms. The molecule has 0 saturated carbocycles. The predicted octanol–water partition coefficient (Wildman–Crippen LogP) is 2.13. The first kappa shape index (κ1) is 11.8. The maximum Gasteiger partial charge on any atom is 0.150 e. The van der Waals surface area contributed by atoms with Crippen LogP contribution in [-0.2, 0) is 24.2 Å². The Morgan fingerprint density at radius 2 is 2.00 bits per heavy atom. The number of nitrogens with zero attached hydrogens (tertiary/aromatic N) is 2. The van der Waals surface area contributed by atoms with Crippen molar-refractivity contribution in [2.75, 3.05) is 7.11 Å². The highest BCUT2D eigenvalue weighted by molar-refractivity contribution is 5.14. The summed E-state index contributed by atoms with van der Waals surface area (Å²) in [6, 6.07) is 10.5. The van der Waals surface area contributed by atoms with E-state index in [0.717, 1.165) is 30.9 Å². The average Bonchev–Trinajstić information content (AvgIpc) is 2.79. The van der Waals surface area contributed by atoms with E-state index in [2.05, 4.69) is 39.4 Å². The standard InChI is InChI=1S/C13H17N3O/c1-17-10-13-14-12(15-16-13)9-5-8-11-6-3-2-4-7-11/h2-4,6-7H,5,8-10H2,1H3,(H,14,15,16). The van der Waals surface area contributed by atoms with Gasteiger partial charge in [-0.3, -0.25) is 5.10 Å². The van der Waals surface area contributed by atoms with Gasteiger partial charge in [0.25, 0.3) is 0 Å². The molecule has 90 valence electrons. The maximum absolute atomic E-state index is 4.98. The smallest absolute Gasteiger partial charge is 0.150 e. The Kier molecular flexibility index (Phi) is 4.27. The molecule has 17 heavy (non-hydrogen) atoms. The number of ether oxygens (including phenoxy) is 1. The Hall–Kier alpha value is -1.68. The fourth-order valence-electron chi connectivity index (χ4n) is 1.74. The highest BCUT2D eigenvalue weighted by Gasteiger charge is 2.02. The summed E-state index contributed by atoms with van der Waals surface area (Å²) in [6.07, 6.45) is 3.03. The topological polar surface area (TPSA) is 50.8 Å². The van der Waals surface area contributed by atoms with E-state index in [4.69, 9.17) is 4.74 Å². The van der Waals surface area contributed by atoms with Crippen molar-refractivity contribution in [2.24, 2.45) is 0 Å². The van der Waals surface area contributed by atoms with E-state index in [0.29, 0.717) is 6.61 Å². The molecule has 0 fully saturated rings. The monoisotopic (exact) mass is 231 g/mol. The van der Waals surface area contributed by atoms with Gasteiger partial charge in [0.2, 0.25) is 0 Å². The highest BCUT2D eigenvalue weighted by atomic mass is 16.5. The molecule has 0 spiro atoms. The number of aromatic nitrogens is 3. The van der Waals surface area contributed by atoms with E-state index in [1.54, 1.807) is 7.11 Å². The average molecular weight is 231 g/mol. The van der Waals surface area contributed by atoms with Crippen LogP contribution >= 0.6 is 0 Å². The van der Waals surface area contributed by atoms with Crippen molar-refractivity contribution in [1.29, 1.82) is 0 Å². The lowest BCUT2D eigenvalue weighted by molar-refractivity contribution is 0.178. The summed E-state index contributed by atoms with van der Waals surface area (Å²) in [6.45, 7) is 0.492. The van der Waals surface area contributed by atoms with Gasteiger partial charge in [-0.2, -0.15) is 5.10 Å². The summed E-state index contributed by atoms with van der Waals surface area (Å²) in [7, 11) is 1.65. The molecule has 2 rings (SSSR count). The van der Waals surface area contributed by atoms with Crippen molar-refractivity contribution in [1.82, 2.24) is 15.2 Å². The third-order valence-electron chi connectivity index (χ3n) is 2.57. The van der Waals surface area contributed by atoms with Gasteiger partial charge in [-0.15, -0.1) is 0 Å². The van der Waals surface area contributed by atoms with E-state index in [1.165, 1.54) is 5.56 Å². The van der Waals surface area contributed by atoms with Crippen LogP contribution in [0.1, 0.15) is 23.6 Å². The number of methoxy groups -OCH3 is 1. The number of hydrogen-bond donors (Lipinski definition) is 1. The van der Waals surface area contributed by atoms with Crippen LogP contribution in [0.3, 0.4) is 0 Å². The van der Waals surface area contributed by atoms with E-state index in [1.807, 2.05) is 6.07 Å². The van der Waals surface area contributed by atoms with Crippen molar-refractivity contribution in [3.8, 4) is 0 Å². The van der Waals surface area contributed by atoms with E-state index in [-0.39, 0.29) is 0 Å². The Labute approximate surface area is 101 Å². The lowest BCUT2D eigenvalue weighted by Gasteiger charge is -1.98. The molecule has 1 N–H and O–H groups in total. The molecule has 4 heteroatoms. The molecule has 1 aromatic carbocycles. The number of aryl methyl sites for hydroxylation is 2. The Balaban J connectivity index is 1.78. The molecule has 0 amide bonds. The number of nitrogens with one attached hydrogen (secondary N) is 1. The Bertz CT molecular complexity index is 439. The van der Waals surface area contributed by atoms with Crippen LogP contribution in [0.5, 0.6) is 0 Å². The summed E-state index contributed by atoms with van der Waals surface area (Å²) in [5.41, 5.74) is 1.36. The van der Waals surface area contributed by atoms with Crippen LogP contribution < -0.4 is 0 Å². The number of rotatable bonds is 6. The second-order valence-corrected chi connectivity index (χ2v) is 3.97. The second kappa shape index (κ2) is 6.15. The first-order valence-electron chi connectivity index (χ1n) is 5.81. The minimum Gasteiger partial charge on any atom is -0.377 e. The van der Waals surface area contributed by atoms with Crippen molar-refractivity contribution in [2.45, 2.75) is 25.9 Å². The normalized spacial score (nSPS) is 10.6. The predicted molar refractivity (Wildman–Crippen MR) is 65.6 cm³/mol. The molecule has 0 aliphatic heterocycles. The van der Waals surface area contributed by atoms with Gasteiger partial charge in [0.15, 0.2) is 11.6 Å². The van der Waals surface area contributed by atoms with Crippen LogP contribution in [0.15, 0.2) is 30.3 Å². The zero-order chi connectivity index (χ0) is 11.9. The van der Waals surface area contributed by atoms with E-state index in [9.17, 15) is 0 Å². The first-order chi connectivity index (χ1) is 8.38. The van der Waals surface area contributed by atoms with Crippen LogP contribution in [-0.4, -0.2) is 22.3 Å². The lowest BCUT2D eigenvalue weighted by atomic mass is 10.1. The summed E-state index contributed by atoms with van der Waals surface area (Å²) in [5, 5.41) is 7.02. The molecule has 0 aliphatic carbocycles. The fraction of sp³-hybridized carbons (Fsp3) is 0.385. The summed E-state index contributed by atoms with van der Waals surface area (Å²) in [4.78, 5) is 4.34. The van der Waals surface area contributed by atoms with E-state index < -0.39 is 0 Å². The third kappa shape index (κ3) is 3.67. The van der Waals surface area contributed by atoms with Gasteiger partial charge < -0.3 is 4.74 Å². The van der Waals surface area contributed by atoms with Gasteiger partial charge in [0, 0.05) is 13.5 Å². The largest absolute Gasteiger partial charge is 0.377 e. The number of hydrogen-bond acceptors (Lipinski definition) is 3. The molecular formula is C13H17N3O. The van der Waals surface area contributed by atoms with Gasteiger partial charge in [0.1, 0.15) is 6.61 Å². The van der Waals surface area contributed by atoms with Crippen LogP contribution in [0.25, 0.3) is 0 Å². The van der Waals surface area contributed by atoms with Crippen LogP contribution in [0, 0.1) is 0 Å². The maximum atomic E-state index is 4.98. The van der Waals surface area contributed by atoms with Crippen molar-refractivity contribution in [3.63, 3.8) is 0 Å². The zero-order valence-corrected chi connectivity index (χ0v) is 10.0. The zero-order valence-electron chi connectivity index (χ0n) is 10.0. The second-order valence-electron chi connectivity index (χ2n) is 3.97. The molecule has 4 nitrogen and oxygen atoms in total. The first-order valence-corrected chi connectivity index (χ1v) is 5.81. The molecule has 0 saturated heterocycles. The van der Waals surface area contributed by atoms with E-state index >= 15 is 0 Å². The summed E-state index contributed by atoms with van der Waals surface area (Å²) >= 11 is 0. The van der Waals surface area contributed by atoms with Crippen molar-refractivity contribution < 1.29 is 4.74 Å². The van der Waals surface area contributed by atoms with Crippen LogP contribution in [0.2, 0.25) is 0 Å². The molecule has 2 aromatic rings. The van der Waals surface area contributed by atoms with Crippen molar-refractivity contribution in [3.05, 3.63) is 47.5 Å². The molecule has 1 heterocycles. The Morgan fingerprint density at radius 3 is 2.76 bits per heavy atom. The van der Waals surface area contributed by atoms with Gasteiger partial charge >= 0.3 is 0 Å². The van der Waals surface area contributed by atoms with Gasteiger partial charge in [-0.25, -0.2) is 4.98 Å². The molecule has 0 unspecified atom stereocenters. The lowest BCUT2D eigenvalue weighted by Crippen LogP contribution is -1.93. The summed E-state index contributed by atoms with van der Waals surface area (Å²) < 4.78 is 4.98. The highest BCUT2D eigenvalue weighted by Crippen LogP contribution is 2.05. The van der Waals surface area contributed by atoms with Crippen LogP contribution in [0.4, 0.5) is 0 Å². The number of benzene rings is 1. The quantitative estimate of drug-likeness (QED) is 0.828. The third-order valence-corrected chi connectivity index (χ3v) is 2.57. The SMILES string of the molecule is COCc1nc(CCCc2ccccc2)n[nH]1. The van der Waals surface area contributed by atoms with Gasteiger partial charge in [0.05, 0.1) is 0 Å². The number of aromatic amines is 1. The number of H-pyrrole nitrogens is 1. The minimum atomic E-state index is 0.492. The molecular weight excluding hydrogens is 214 g/mol. The Morgan fingerprint density at radius 1 is 1.18 bits per heavy atom. The van der Waals surface area contributed by atoms with Crippen molar-refractivity contribution >= 4 is 0 Å². The molecule has 0 radical (unpaired) electrons. The van der Waals surface area contributed by atoms with Gasteiger partial charge in [-0.1, -0.05) is 30.3 Å². The van der Waals surface area contributed by atoms with Gasteiger partial charge in [-0.05, 0) is 18.4 Å².